The van der Waals surface area contributed by atoms with E-state index in [1.807, 2.05) is 0 Å². The summed E-state index contributed by atoms with van der Waals surface area (Å²) in [7, 11) is -2.17. The first-order valence-electron chi connectivity index (χ1n) is 5.81. The highest BCUT2D eigenvalue weighted by Crippen LogP contribution is 2.18. The van der Waals surface area contributed by atoms with Gasteiger partial charge >= 0.3 is 0 Å². The molecule has 0 radical (unpaired) electrons. The highest BCUT2D eigenvalue weighted by molar-refractivity contribution is 7.89. The van der Waals surface area contributed by atoms with Gasteiger partial charge in [0.25, 0.3) is 0 Å². The molecule has 6 heteroatoms. The lowest BCUT2D eigenvalue weighted by atomic mass is 10.4. The number of nitrogens with one attached hydrogen (secondary N) is 1. The van der Waals surface area contributed by atoms with E-state index in [9.17, 15) is 13.2 Å². The summed E-state index contributed by atoms with van der Waals surface area (Å²) in [6.45, 7) is -0.145. The summed E-state index contributed by atoms with van der Waals surface area (Å²) >= 11 is 0. The SMILES string of the molecule is CN(CC(=O)NC1CC1)S(=O)(=O)c1ccccc1. The minimum Gasteiger partial charge on any atom is -0.352 e. The van der Waals surface area contributed by atoms with Crippen LogP contribution in [0.5, 0.6) is 0 Å². The van der Waals surface area contributed by atoms with Crippen LogP contribution in [-0.2, 0) is 14.8 Å². The highest BCUT2D eigenvalue weighted by Gasteiger charge is 2.26. The second kappa shape index (κ2) is 5.07. The number of carbonyl (C=O) groups is 1. The molecular formula is C12H16N2O3S. The molecule has 1 fully saturated rings. The second-order valence-corrected chi connectivity index (χ2v) is 6.46. The molecule has 1 saturated carbocycles. The van der Waals surface area contributed by atoms with Gasteiger partial charge < -0.3 is 5.32 Å². The average molecular weight is 268 g/mol. The van der Waals surface area contributed by atoms with Gasteiger partial charge in [0.15, 0.2) is 0 Å². The molecule has 0 saturated heterocycles. The smallest absolute Gasteiger partial charge is 0.243 e. The molecule has 0 unspecified atom stereocenters. The van der Waals surface area contributed by atoms with Gasteiger partial charge in [-0.2, -0.15) is 4.31 Å². The molecule has 2 rings (SSSR count). The first-order chi connectivity index (χ1) is 8.50. The highest BCUT2D eigenvalue weighted by atomic mass is 32.2. The molecule has 0 spiro atoms. The van der Waals surface area contributed by atoms with Gasteiger partial charge in [-0.3, -0.25) is 4.79 Å². The summed E-state index contributed by atoms with van der Waals surface area (Å²) in [5, 5.41) is 2.76. The fourth-order valence-corrected chi connectivity index (χ4v) is 2.71. The fourth-order valence-electron chi connectivity index (χ4n) is 1.56. The third kappa shape index (κ3) is 3.08. The van der Waals surface area contributed by atoms with Gasteiger partial charge in [0.1, 0.15) is 0 Å². The number of benzene rings is 1. The molecule has 1 aromatic carbocycles. The van der Waals surface area contributed by atoms with Crippen LogP contribution >= 0.6 is 0 Å². The standard InChI is InChI=1S/C12H16N2O3S/c1-14(9-12(15)13-10-7-8-10)18(16,17)11-5-3-2-4-6-11/h2-6,10H,7-9H2,1H3,(H,13,15). The van der Waals surface area contributed by atoms with Crippen LogP contribution in [0.3, 0.4) is 0 Å². The predicted molar refractivity (Wildman–Crippen MR) is 67.4 cm³/mol. The maximum absolute atomic E-state index is 12.1. The molecule has 0 bridgehead atoms. The Bertz CT molecular complexity index is 524. The van der Waals surface area contributed by atoms with Crippen LogP contribution in [0.1, 0.15) is 12.8 Å². The van der Waals surface area contributed by atoms with Crippen molar-refractivity contribution in [2.45, 2.75) is 23.8 Å². The van der Waals surface area contributed by atoms with Crippen LogP contribution < -0.4 is 5.32 Å². The number of hydrogen-bond donors (Lipinski definition) is 1. The molecule has 1 amide bonds. The minimum atomic E-state index is -3.58. The quantitative estimate of drug-likeness (QED) is 0.849. The van der Waals surface area contributed by atoms with Crippen molar-refractivity contribution in [3.63, 3.8) is 0 Å². The van der Waals surface area contributed by atoms with Crippen LogP contribution in [0.2, 0.25) is 0 Å². The third-order valence-corrected chi connectivity index (χ3v) is 4.58. The summed E-state index contributed by atoms with van der Waals surface area (Å²) in [6, 6.07) is 8.34. The Kier molecular flexibility index (Phi) is 3.68. The van der Waals surface area contributed by atoms with Crippen molar-refractivity contribution in [1.82, 2.24) is 9.62 Å². The molecule has 1 N–H and O–H groups in total. The van der Waals surface area contributed by atoms with Crippen LogP contribution in [0.15, 0.2) is 35.2 Å². The molecule has 1 aliphatic carbocycles. The number of likely N-dealkylation sites (N-methyl/N-ethyl adjacent to an activating group) is 1. The Labute approximate surface area is 107 Å². The number of sulfonamides is 1. The van der Waals surface area contributed by atoms with Crippen LogP contribution in [0, 0.1) is 0 Å². The third-order valence-electron chi connectivity index (χ3n) is 2.76. The molecule has 0 aliphatic heterocycles. The lowest BCUT2D eigenvalue weighted by Crippen LogP contribution is -2.39. The molecule has 0 heterocycles. The summed E-state index contributed by atoms with van der Waals surface area (Å²) in [5.41, 5.74) is 0. The Morgan fingerprint density at radius 3 is 2.50 bits per heavy atom. The number of rotatable bonds is 5. The van der Waals surface area contributed by atoms with Crippen molar-refractivity contribution >= 4 is 15.9 Å². The van der Waals surface area contributed by atoms with Gasteiger partial charge in [-0.05, 0) is 25.0 Å². The van der Waals surface area contributed by atoms with Crippen LogP contribution in [-0.4, -0.2) is 38.3 Å². The molecule has 98 valence electrons. The van der Waals surface area contributed by atoms with Gasteiger partial charge in [0.2, 0.25) is 15.9 Å². The lowest BCUT2D eigenvalue weighted by molar-refractivity contribution is -0.121. The Morgan fingerprint density at radius 1 is 1.33 bits per heavy atom. The normalized spacial score (nSPS) is 15.7. The molecule has 1 aromatic rings. The molecule has 0 atom stereocenters. The maximum Gasteiger partial charge on any atom is 0.243 e. The summed E-state index contributed by atoms with van der Waals surface area (Å²) in [5.74, 6) is -0.250. The van der Waals surface area contributed by atoms with Gasteiger partial charge in [0.05, 0.1) is 11.4 Å². The van der Waals surface area contributed by atoms with Crippen molar-refractivity contribution in [3.05, 3.63) is 30.3 Å². The zero-order valence-corrected chi connectivity index (χ0v) is 11.0. The lowest BCUT2D eigenvalue weighted by Gasteiger charge is -2.16. The molecule has 1 aliphatic rings. The van der Waals surface area contributed by atoms with Crippen molar-refractivity contribution in [2.75, 3.05) is 13.6 Å². The number of hydrogen-bond acceptors (Lipinski definition) is 3. The van der Waals surface area contributed by atoms with E-state index in [0.29, 0.717) is 0 Å². The molecule has 5 nitrogen and oxygen atoms in total. The van der Waals surface area contributed by atoms with E-state index in [0.717, 1.165) is 17.1 Å². The van der Waals surface area contributed by atoms with Crippen molar-refractivity contribution in [3.8, 4) is 0 Å². The van der Waals surface area contributed by atoms with E-state index in [1.54, 1.807) is 18.2 Å². The Hall–Kier alpha value is -1.40. The van der Waals surface area contributed by atoms with E-state index < -0.39 is 10.0 Å². The summed E-state index contributed by atoms with van der Waals surface area (Å²) in [4.78, 5) is 11.8. The van der Waals surface area contributed by atoms with Gasteiger partial charge in [-0.25, -0.2) is 8.42 Å². The predicted octanol–water partition coefficient (Wildman–Crippen LogP) is 0.586. The monoisotopic (exact) mass is 268 g/mol. The van der Waals surface area contributed by atoms with Crippen molar-refractivity contribution in [1.29, 1.82) is 0 Å². The molecule has 18 heavy (non-hydrogen) atoms. The minimum absolute atomic E-state index is 0.145. The van der Waals surface area contributed by atoms with Crippen molar-refractivity contribution in [2.24, 2.45) is 0 Å². The number of amides is 1. The number of carbonyl (C=O) groups excluding carboxylic acids is 1. The first kappa shape index (κ1) is 13.0. The van der Waals surface area contributed by atoms with Crippen LogP contribution in [0.4, 0.5) is 0 Å². The van der Waals surface area contributed by atoms with Crippen molar-refractivity contribution < 1.29 is 13.2 Å². The largest absolute Gasteiger partial charge is 0.352 e. The van der Waals surface area contributed by atoms with E-state index in [-0.39, 0.29) is 23.4 Å². The first-order valence-corrected chi connectivity index (χ1v) is 7.25. The zero-order valence-electron chi connectivity index (χ0n) is 10.2. The van der Waals surface area contributed by atoms with E-state index in [2.05, 4.69) is 5.32 Å². The Morgan fingerprint density at radius 2 is 1.94 bits per heavy atom. The molecular weight excluding hydrogens is 252 g/mol. The van der Waals surface area contributed by atoms with Gasteiger partial charge in [-0.15, -0.1) is 0 Å². The topological polar surface area (TPSA) is 66.5 Å². The van der Waals surface area contributed by atoms with Crippen LogP contribution in [0.25, 0.3) is 0 Å². The van der Waals surface area contributed by atoms with E-state index >= 15 is 0 Å². The second-order valence-electron chi connectivity index (χ2n) is 4.42. The maximum atomic E-state index is 12.1. The Balaban J connectivity index is 2.03. The average Bonchev–Trinajstić information content (AvgIpc) is 3.13. The summed E-state index contributed by atoms with van der Waals surface area (Å²) < 4.78 is 25.3. The summed E-state index contributed by atoms with van der Waals surface area (Å²) in [6.07, 6.45) is 1.97. The van der Waals surface area contributed by atoms with Gasteiger partial charge in [-0.1, -0.05) is 18.2 Å². The fraction of sp³-hybridized carbons (Fsp3) is 0.417. The van der Waals surface area contributed by atoms with E-state index in [1.165, 1.54) is 19.2 Å². The zero-order chi connectivity index (χ0) is 13.2. The van der Waals surface area contributed by atoms with Gasteiger partial charge in [0, 0.05) is 13.1 Å². The number of nitrogens with zero attached hydrogens (tertiary/aromatic N) is 1. The van der Waals surface area contributed by atoms with E-state index in [4.69, 9.17) is 0 Å². The molecule has 0 aromatic heterocycles.